The predicted octanol–water partition coefficient (Wildman–Crippen LogP) is 0.0170. The Morgan fingerprint density at radius 2 is 2.17 bits per heavy atom. The molecule has 1 saturated carbocycles. The van der Waals surface area contributed by atoms with Crippen LogP contribution >= 0.6 is 0 Å². The van der Waals surface area contributed by atoms with Gasteiger partial charge in [0, 0.05) is 37.7 Å². The summed E-state index contributed by atoms with van der Waals surface area (Å²) in [5.74, 6) is 0.444. The minimum absolute atomic E-state index is 0.167. The number of rotatable bonds is 5. The Balaban J connectivity index is 2.04. The number of sulfone groups is 1. The highest BCUT2D eigenvalue weighted by molar-refractivity contribution is 7.90. The zero-order valence-electron chi connectivity index (χ0n) is 10.5. The maximum Gasteiger partial charge on any atom is 0.293 e. The number of nitrogens with one attached hydrogen (secondary N) is 1. The average molecular weight is 271 g/mol. The van der Waals surface area contributed by atoms with Crippen LogP contribution in [0.25, 0.3) is 0 Å². The first-order valence-corrected chi connectivity index (χ1v) is 7.81. The highest BCUT2D eigenvalue weighted by Crippen LogP contribution is 2.46. The molecule has 6 nitrogen and oxygen atoms in total. The SMILES string of the molecule is Cn1ccnc(NCC2(CS(C)(=O)=O)CC2)c1=O. The summed E-state index contributed by atoms with van der Waals surface area (Å²) < 4.78 is 24.1. The molecule has 0 radical (unpaired) electrons. The van der Waals surface area contributed by atoms with Crippen LogP contribution in [-0.2, 0) is 16.9 Å². The fourth-order valence-corrected chi connectivity index (χ4v) is 3.50. The number of aryl methyl sites for hydroxylation is 1. The first kappa shape index (κ1) is 13.1. The monoisotopic (exact) mass is 271 g/mol. The van der Waals surface area contributed by atoms with Gasteiger partial charge in [0.1, 0.15) is 9.84 Å². The maximum absolute atomic E-state index is 11.7. The molecular formula is C11H17N3O3S. The molecule has 1 aromatic rings. The summed E-state index contributed by atoms with van der Waals surface area (Å²) >= 11 is 0. The second kappa shape index (κ2) is 4.38. The van der Waals surface area contributed by atoms with Crippen molar-refractivity contribution in [3.05, 3.63) is 22.7 Å². The molecule has 2 rings (SSSR count). The van der Waals surface area contributed by atoms with Crippen LogP contribution in [0.5, 0.6) is 0 Å². The second-order valence-electron chi connectivity index (χ2n) is 5.12. The van der Waals surface area contributed by atoms with E-state index in [1.807, 2.05) is 0 Å². The predicted molar refractivity (Wildman–Crippen MR) is 69.3 cm³/mol. The Kier molecular flexibility index (Phi) is 3.18. The lowest BCUT2D eigenvalue weighted by Crippen LogP contribution is -2.28. The summed E-state index contributed by atoms with van der Waals surface area (Å²) in [6.45, 7) is 0.478. The Labute approximate surface area is 106 Å². The Hall–Kier alpha value is -1.37. The fraction of sp³-hybridized carbons (Fsp3) is 0.636. The summed E-state index contributed by atoms with van der Waals surface area (Å²) in [6, 6.07) is 0. The van der Waals surface area contributed by atoms with E-state index in [-0.39, 0.29) is 22.5 Å². The molecule has 1 aromatic heterocycles. The third kappa shape index (κ3) is 3.10. The molecule has 1 N–H and O–H groups in total. The number of hydrogen-bond donors (Lipinski definition) is 1. The molecule has 0 saturated heterocycles. The van der Waals surface area contributed by atoms with Crippen LogP contribution in [-0.4, -0.2) is 36.5 Å². The fourth-order valence-electron chi connectivity index (χ4n) is 2.00. The van der Waals surface area contributed by atoms with Gasteiger partial charge in [-0.05, 0) is 12.8 Å². The molecule has 0 bridgehead atoms. The lowest BCUT2D eigenvalue weighted by molar-refractivity contribution is 0.560. The van der Waals surface area contributed by atoms with E-state index in [1.54, 1.807) is 19.4 Å². The Morgan fingerprint density at radius 1 is 1.50 bits per heavy atom. The zero-order chi connectivity index (χ0) is 13.4. The van der Waals surface area contributed by atoms with Crippen molar-refractivity contribution in [2.24, 2.45) is 12.5 Å². The van der Waals surface area contributed by atoms with Crippen molar-refractivity contribution in [1.29, 1.82) is 0 Å². The van der Waals surface area contributed by atoms with Crippen molar-refractivity contribution < 1.29 is 8.42 Å². The first-order chi connectivity index (χ1) is 8.31. The first-order valence-electron chi connectivity index (χ1n) is 5.75. The van der Waals surface area contributed by atoms with Crippen molar-refractivity contribution in [3.63, 3.8) is 0 Å². The van der Waals surface area contributed by atoms with E-state index in [4.69, 9.17) is 0 Å². The number of hydrogen-bond acceptors (Lipinski definition) is 5. The summed E-state index contributed by atoms with van der Waals surface area (Å²) in [4.78, 5) is 15.7. The molecule has 0 amide bonds. The van der Waals surface area contributed by atoms with Gasteiger partial charge in [-0.1, -0.05) is 0 Å². The third-order valence-corrected chi connectivity index (χ3v) is 4.31. The van der Waals surface area contributed by atoms with E-state index in [0.29, 0.717) is 6.54 Å². The standard InChI is InChI=1S/C11H17N3O3S/c1-14-6-5-12-9(10(14)15)13-7-11(3-4-11)8-18(2,16)17/h5-6H,3-4,7-8H2,1-2H3,(H,12,13). The maximum atomic E-state index is 11.7. The molecule has 18 heavy (non-hydrogen) atoms. The molecule has 0 aromatic carbocycles. The van der Waals surface area contributed by atoms with Crippen molar-refractivity contribution in [1.82, 2.24) is 9.55 Å². The van der Waals surface area contributed by atoms with E-state index in [1.165, 1.54) is 10.8 Å². The van der Waals surface area contributed by atoms with E-state index in [9.17, 15) is 13.2 Å². The molecule has 1 aliphatic carbocycles. The third-order valence-electron chi connectivity index (χ3n) is 3.17. The minimum Gasteiger partial charge on any atom is -0.365 e. The summed E-state index contributed by atoms with van der Waals surface area (Å²) in [6.07, 6.45) is 6.12. The number of anilines is 1. The Morgan fingerprint density at radius 3 is 2.72 bits per heavy atom. The Bertz CT molecular complexity index is 602. The minimum atomic E-state index is -2.99. The van der Waals surface area contributed by atoms with Crippen LogP contribution in [0.1, 0.15) is 12.8 Å². The molecule has 1 fully saturated rings. The smallest absolute Gasteiger partial charge is 0.293 e. The van der Waals surface area contributed by atoms with Crippen LogP contribution in [0.15, 0.2) is 17.2 Å². The largest absolute Gasteiger partial charge is 0.365 e. The van der Waals surface area contributed by atoms with Gasteiger partial charge in [0.15, 0.2) is 5.82 Å². The quantitative estimate of drug-likeness (QED) is 0.816. The molecule has 7 heteroatoms. The van der Waals surface area contributed by atoms with Crippen molar-refractivity contribution in [2.45, 2.75) is 12.8 Å². The highest BCUT2D eigenvalue weighted by Gasteiger charge is 2.45. The van der Waals surface area contributed by atoms with Gasteiger partial charge in [-0.25, -0.2) is 13.4 Å². The van der Waals surface area contributed by atoms with Crippen molar-refractivity contribution in [3.8, 4) is 0 Å². The zero-order valence-corrected chi connectivity index (χ0v) is 11.3. The van der Waals surface area contributed by atoms with Gasteiger partial charge in [0.25, 0.3) is 5.56 Å². The molecule has 0 atom stereocenters. The average Bonchev–Trinajstić information content (AvgIpc) is 2.98. The highest BCUT2D eigenvalue weighted by atomic mass is 32.2. The topological polar surface area (TPSA) is 81.1 Å². The van der Waals surface area contributed by atoms with E-state index >= 15 is 0 Å². The molecule has 0 aliphatic heterocycles. The lowest BCUT2D eigenvalue weighted by atomic mass is 10.1. The van der Waals surface area contributed by atoms with E-state index < -0.39 is 9.84 Å². The van der Waals surface area contributed by atoms with Gasteiger partial charge in [0.2, 0.25) is 0 Å². The van der Waals surface area contributed by atoms with Gasteiger partial charge in [-0.15, -0.1) is 0 Å². The molecule has 1 heterocycles. The normalized spacial score (nSPS) is 17.4. The van der Waals surface area contributed by atoms with Crippen molar-refractivity contribution >= 4 is 15.7 Å². The molecular weight excluding hydrogens is 254 g/mol. The summed E-state index contributed by atoms with van der Waals surface area (Å²) in [5, 5.41) is 2.97. The molecule has 0 unspecified atom stereocenters. The lowest BCUT2D eigenvalue weighted by Gasteiger charge is -2.15. The van der Waals surface area contributed by atoms with Crippen LogP contribution in [0, 0.1) is 5.41 Å². The van der Waals surface area contributed by atoms with Gasteiger partial charge in [0.05, 0.1) is 5.75 Å². The van der Waals surface area contributed by atoms with Crippen LogP contribution in [0.3, 0.4) is 0 Å². The second-order valence-corrected chi connectivity index (χ2v) is 7.26. The van der Waals surface area contributed by atoms with Gasteiger partial charge in [-0.2, -0.15) is 0 Å². The summed E-state index contributed by atoms with van der Waals surface area (Å²) in [7, 11) is -1.33. The summed E-state index contributed by atoms with van der Waals surface area (Å²) in [5.41, 5.74) is -0.413. The molecule has 1 aliphatic rings. The number of aromatic nitrogens is 2. The van der Waals surface area contributed by atoms with Gasteiger partial charge >= 0.3 is 0 Å². The van der Waals surface area contributed by atoms with Gasteiger partial charge < -0.3 is 9.88 Å². The van der Waals surface area contributed by atoms with E-state index in [0.717, 1.165) is 12.8 Å². The van der Waals surface area contributed by atoms with Crippen LogP contribution < -0.4 is 10.9 Å². The molecule has 100 valence electrons. The molecule has 0 spiro atoms. The van der Waals surface area contributed by atoms with E-state index in [2.05, 4.69) is 10.3 Å². The van der Waals surface area contributed by atoms with Crippen LogP contribution in [0.4, 0.5) is 5.82 Å². The van der Waals surface area contributed by atoms with Crippen molar-refractivity contribution in [2.75, 3.05) is 23.9 Å². The number of nitrogens with zero attached hydrogens (tertiary/aromatic N) is 2. The van der Waals surface area contributed by atoms with Gasteiger partial charge in [-0.3, -0.25) is 4.79 Å². The van der Waals surface area contributed by atoms with Crippen LogP contribution in [0.2, 0.25) is 0 Å².